The van der Waals surface area contributed by atoms with Gasteiger partial charge in [0.05, 0.1) is 11.2 Å². The third-order valence-corrected chi connectivity index (χ3v) is 17.0. The van der Waals surface area contributed by atoms with Crippen LogP contribution in [0.2, 0.25) is 5.02 Å². The van der Waals surface area contributed by atoms with Crippen LogP contribution >= 0.6 is 11.6 Å². The number of carbonyl (C=O) groups excluding carboxylic acids is 2. The van der Waals surface area contributed by atoms with Crippen LogP contribution in [0, 0.1) is 27.7 Å². The van der Waals surface area contributed by atoms with Gasteiger partial charge in [-0.2, -0.15) is 62.3 Å². The van der Waals surface area contributed by atoms with E-state index in [4.69, 9.17) is 30.5 Å². The van der Waals surface area contributed by atoms with E-state index in [2.05, 4.69) is 24.3 Å². The molecule has 20 heteroatoms. The van der Waals surface area contributed by atoms with Crippen molar-refractivity contribution < 1.29 is 81.8 Å². The lowest BCUT2D eigenvalue weighted by atomic mass is 9.68. The normalized spacial score (nSPS) is 15.3. The Balaban J connectivity index is 0.000000340. The summed E-state index contributed by atoms with van der Waals surface area (Å²) in [6, 6.07) is 28.4. The summed E-state index contributed by atoms with van der Waals surface area (Å²) in [6.45, 7) is 25.4. The van der Waals surface area contributed by atoms with E-state index in [0.29, 0.717) is 41.1 Å². The third kappa shape index (κ3) is 14.2. The van der Waals surface area contributed by atoms with Gasteiger partial charge >= 0.3 is 38.0 Å². The van der Waals surface area contributed by atoms with Crippen molar-refractivity contribution in [3.63, 3.8) is 0 Å². The zero-order valence-corrected chi connectivity index (χ0v) is 49.3. The topological polar surface area (TPSA) is 93.1 Å². The van der Waals surface area contributed by atoms with E-state index in [1.54, 1.807) is 38.1 Å². The smallest absolute Gasteiger partial charge is 0.399 e. The van der Waals surface area contributed by atoms with Crippen molar-refractivity contribution in [3.8, 4) is 11.1 Å². The Morgan fingerprint density at radius 1 is 0.506 bits per heavy atom. The average Bonchev–Trinajstić information content (AvgIpc) is 3.72. The van der Waals surface area contributed by atoms with E-state index in [9.17, 15) is 62.9 Å². The zero-order valence-electron chi connectivity index (χ0n) is 48.5. The first-order valence-electron chi connectivity index (χ1n) is 26.8. The van der Waals surface area contributed by atoms with Crippen molar-refractivity contribution in [1.82, 2.24) is 0 Å². The van der Waals surface area contributed by atoms with Crippen molar-refractivity contribution in [2.75, 3.05) is 0 Å². The van der Waals surface area contributed by atoms with Crippen LogP contribution in [0.5, 0.6) is 0 Å². The molecule has 0 radical (unpaired) electrons. The molecule has 1 aliphatic heterocycles. The molecule has 1 saturated heterocycles. The van der Waals surface area contributed by atoms with Crippen molar-refractivity contribution in [2.24, 2.45) is 0 Å². The maximum atomic E-state index is 13.1. The molecule has 1 heterocycles. The molecule has 0 spiro atoms. The molecule has 0 aromatic heterocycles. The van der Waals surface area contributed by atoms with Gasteiger partial charge in [-0.1, -0.05) is 149 Å². The number of hydrogen-bond acceptors (Lipinski definition) is 6. The van der Waals surface area contributed by atoms with Crippen LogP contribution in [0.1, 0.15) is 149 Å². The fourth-order valence-corrected chi connectivity index (χ4v) is 10.7. The Hall–Kier alpha value is -5.69. The minimum atomic E-state index is -5.92. The lowest BCUT2D eigenvalue weighted by Gasteiger charge is -2.34. The SMILES string of the molecule is CCC(CC)(c1ccc(/C=C/C(O)(C(F)(F)F)C(F)(F)F)c(C)c1)c1ccc(B2OC(C)(C)C(C)(C)O2)c(C)c1.CCc1ccc(-c2ccc(C(CC)(CC)c3ccc(/C=C/C(O)(C(F)(F)F)C(F)(F)F)c(C)c3)cc2C)cc1Cl.O=C=O. The highest BCUT2D eigenvalue weighted by molar-refractivity contribution is 6.62. The molecule has 6 nitrogen and oxygen atoms in total. The van der Waals surface area contributed by atoms with Gasteiger partial charge in [0.25, 0.3) is 11.2 Å². The fourth-order valence-electron chi connectivity index (χ4n) is 10.4. The van der Waals surface area contributed by atoms with Crippen LogP contribution in [-0.2, 0) is 36.1 Å². The molecule has 6 rings (SSSR count). The van der Waals surface area contributed by atoms with Gasteiger partial charge in [0, 0.05) is 15.9 Å². The molecule has 0 atom stereocenters. The Morgan fingerprint density at radius 3 is 1.14 bits per heavy atom. The predicted molar refractivity (Wildman–Crippen MR) is 300 cm³/mol. The van der Waals surface area contributed by atoms with Crippen LogP contribution < -0.4 is 5.46 Å². The fraction of sp³-hybridized carbons (Fsp3) is 0.444. The molecule has 1 fully saturated rings. The molecule has 1 aliphatic rings. The van der Waals surface area contributed by atoms with Gasteiger partial charge < -0.3 is 19.5 Å². The quantitative estimate of drug-likeness (QED) is 0.0801. The number of aliphatic hydroxyl groups is 2. The molecule has 0 aliphatic carbocycles. The molecular weight excluding hydrogens is 1130 g/mol. The first kappa shape index (κ1) is 69.8. The van der Waals surface area contributed by atoms with Crippen molar-refractivity contribution >= 4 is 42.5 Å². The van der Waals surface area contributed by atoms with Crippen LogP contribution in [0.4, 0.5) is 52.7 Å². The highest BCUT2D eigenvalue weighted by Gasteiger charge is 2.70. The summed E-state index contributed by atoms with van der Waals surface area (Å²) in [4.78, 5) is 16.2. The number of alkyl halides is 12. The Morgan fingerprint density at radius 2 is 0.843 bits per heavy atom. The molecule has 2 N–H and O–H groups in total. The number of benzene rings is 5. The Labute approximate surface area is 483 Å². The number of halogens is 13. The number of aryl methyl sites for hydroxylation is 5. The van der Waals surface area contributed by atoms with E-state index in [-0.39, 0.29) is 29.4 Å². The van der Waals surface area contributed by atoms with Gasteiger partial charge in [0.1, 0.15) is 0 Å². The van der Waals surface area contributed by atoms with Gasteiger partial charge in [0.15, 0.2) is 0 Å². The maximum Gasteiger partial charge on any atom is 0.495 e. The summed E-state index contributed by atoms with van der Waals surface area (Å²) in [5, 5.41) is 19.7. The van der Waals surface area contributed by atoms with Crippen LogP contribution in [0.3, 0.4) is 0 Å². The molecule has 0 saturated carbocycles. The summed E-state index contributed by atoms with van der Waals surface area (Å²) in [5.41, 5.74) is -0.513. The van der Waals surface area contributed by atoms with Gasteiger partial charge in [-0.25, -0.2) is 0 Å². The zero-order chi connectivity index (χ0) is 63.3. The molecule has 0 bridgehead atoms. The van der Waals surface area contributed by atoms with Gasteiger partial charge in [-0.05, 0) is 178 Å². The van der Waals surface area contributed by atoms with E-state index >= 15 is 0 Å². The molecule has 452 valence electrons. The first-order valence-corrected chi connectivity index (χ1v) is 27.2. The molecular formula is C63H70BClF12O6. The largest absolute Gasteiger partial charge is 0.495 e. The summed E-state index contributed by atoms with van der Waals surface area (Å²) in [5.74, 6) is 0. The van der Waals surface area contributed by atoms with Crippen molar-refractivity contribution in [3.05, 3.63) is 169 Å². The van der Waals surface area contributed by atoms with Gasteiger partial charge in [0.2, 0.25) is 0 Å². The van der Waals surface area contributed by atoms with E-state index < -0.39 is 65.1 Å². The predicted octanol–water partition coefficient (Wildman–Crippen LogP) is 17.2. The number of hydrogen-bond donors (Lipinski definition) is 2. The van der Waals surface area contributed by atoms with Gasteiger partial charge in [-0.15, -0.1) is 0 Å². The lowest BCUT2D eigenvalue weighted by Crippen LogP contribution is -2.55. The van der Waals surface area contributed by atoms with Crippen LogP contribution in [0.25, 0.3) is 23.3 Å². The monoisotopic (exact) mass is 1200 g/mol. The highest BCUT2D eigenvalue weighted by atomic mass is 35.5. The summed E-state index contributed by atoms with van der Waals surface area (Å²) in [6.07, 6.45) is -18.9. The molecule has 5 aromatic rings. The van der Waals surface area contributed by atoms with Crippen LogP contribution in [0.15, 0.2) is 103 Å². The summed E-state index contributed by atoms with van der Waals surface area (Å²) in [7, 11) is -0.517. The maximum absolute atomic E-state index is 13.1. The van der Waals surface area contributed by atoms with E-state index in [0.717, 1.165) is 74.8 Å². The van der Waals surface area contributed by atoms with Crippen LogP contribution in [-0.4, -0.2) is 70.6 Å². The van der Waals surface area contributed by atoms with Gasteiger partial charge in [-0.3, -0.25) is 0 Å². The third-order valence-electron chi connectivity index (χ3n) is 16.6. The van der Waals surface area contributed by atoms with E-state index in [1.807, 2.05) is 106 Å². The standard InChI is InChI=1S/C32H33ClF6O.C30H37BF6O3.CO2/c1-6-22-9-10-24(19-28(22)33)27-14-13-26(18-21(27)5)29(7-2,8-3)25-12-11-23(20(4)17-25)15-16-30(40,31(34,35)36)32(37,38)39;1-9-27(10-2,23-13-14-24(20(4)18-23)31-39-25(5,6)26(7,8)40-31)22-12-11-21(19(3)17-22)15-16-28(38,29(32,33)34)30(35,36)37;2-1-3/h9-19,40H,6-8H2,1-5H3;11-18,38H,9-10H2,1-8H3;/b2*16-15+;. The second-order valence-electron chi connectivity index (χ2n) is 21.8. The minimum absolute atomic E-state index is 0.143. The minimum Gasteiger partial charge on any atom is -0.399 e. The highest BCUT2D eigenvalue weighted by Crippen LogP contribution is 2.48. The summed E-state index contributed by atoms with van der Waals surface area (Å²) >= 11 is 6.45. The summed E-state index contributed by atoms with van der Waals surface area (Å²) < 4.78 is 170. The second-order valence-corrected chi connectivity index (χ2v) is 22.3. The Kier molecular flexibility index (Phi) is 21.8. The molecule has 0 amide bonds. The second kappa shape index (κ2) is 25.9. The van der Waals surface area contributed by atoms with Crippen molar-refractivity contribution in [1.29, 1.82) is 0 Å². The number of rotatable bonds is 15. The molecule has 0 unspecified atom stereocenters. The first-order chi connectivity index (χ1) is 38.1. The lowest BCUT2D eigenvalue weighted by molar-refractivity contribution is -0.348. The Bertz CT molecular complexity index is 3120. The average molecular weight is 1200 g/mol. The molecule has 83 heavy (non-hydrogen) atoms. The molecule has 5 aromatic carbocycles. The van der Waals surface area contributed by atoms with E-state index in [1.165, 1.54) is 12.1 Å². The van der Waals surface area contributed by atoms with Crippen molar-refractivity contribution in [2.45, 2.75) is 180 Å².